The van der Waals surface area contributed by atoms with Crippen LogP contribution in [0.1, 0.15) is 42.1 Å². The lowest BCUT2D eigenvalue weighted by Gasteiger charge is -2.16. The largest absolute Gasteiger partial charge is 0.507 e. The second-order valence-electron chi connectivity index (χ2n) is 8.71. The summed E-state index contributed by atoms with van der Waals surface area (Å²) in [4.78, 5) is 12.7. The summed E-state index contributed by atoms with van der Waals surface area (Å²) in [6, 6.07) is 22.6. The quantitative estimate of drug-likeness (QED) is 0.236. The number of rotatable bonds is 9. The first-order chi connectivity index (χ1) is 16.4. The summed E-state index contributed by atoms with van der Waals surface area (Å²) >= 11 is 0. The molecule has 34 heavy (non-hydrogen) atoms. The maximum absolute atomic E-state index is 12.7. The molecule has 0 aliphatic carbocycles. The van der Waals surface area contributed by atoms with Crippen LogP contribution in [0, 0.1) is 0 Å². The van der Waals surface area contributed by atoms with Crippen LogP contribution >= 0.6 is 0 Å². The summed E-state index contributed by atoms with van der Waals surface area (Å²) in [5.74, 6) is -0.0680. The SMILES string of the molecule is C=C(NCCCCC(C)NC(=O)c1cc2ccccc2cc1O)c1cc2ccccc2cc1O. The minimum Gasteiger partial charge on any atom is -0.507 e. The smallest absolute Gasteiger partial charge is 0.255 e. The Morgan fingerprint density at radius 2 is 1.32 bits per heavy atom. The number of unbranched alkanes of at least 4 members (excludes halogenated alkanes) is 1. The van der Waals surface area contributed by atoms with Crippen molar-refractivity contribution in [3.05, 3.63) is 90.5 Å². The van der Waals surface area contributed by atoms with E-state index in [2.05, 4.69) is 17.2 Å². The molecular formula is C29H30N2O3. The second-order valence-corrected chi connectivity index (χ2v) is 8.71. The van der Waals surface area contributed by atoms with E-state index in [1.807, 2.05) is 61.5 Å². The Morgan fingerprint density at radius 1 is 0.824 bits per heavy atom. The Morgan fingerprint density at radius 3 is 1.91 bits per heavy atom. The molecule has 1 amide bonds. The fourth-order valence-electron chi connectivity index (χ4n) is 4.16. The van der Waals surface area contributed by atoms with E-state index >= 15 is 0 Å². The number of nitrogens with one attached hydrogen (secondary N) is 2. The number of carbonyl (C=O) groups excluding carboxylic acids is 1. The zero-order valence-electron chi connectivity index (χ0n) is 19.3. The Bertz CT molecular complexity index is 1350. The average Bonchev–Trinajstić information content (AvgIpc) is 2.82. The number of carbonyl (C=O) groups is 1. The van der Waals surface area contributed by atoms with E-state index < -0.39 is 0 Å². The number of hydrogen-bond donors (Lipinski definition) is 4. The van der Waals surface area contributed by atoms with Gasteiger partial charge in [0.05, 0.1) is 5.56 Å². The Hall–Kier alpha value is -3.99. The number of phenolic OH excluding ortho intramolecular Hbond substituents is 2. The highest BCUT2D eigenvalue weighted by Gasteiger charge is 2.15. The third-order valence-corrected chi connectivity index (χ3v) is 6.08. The van der Waals surface area contributed by atoms with Crippen LogP contribution in [-0.2, 0) is 0 Å². The van der Waals surface area contributed by atoms with Crippen LogP contribution in [0.25, 0.3) is 27.2 Å². The fraction of sp³-hybridized carbons (Fsp3) is 0.207. The molecule has 0 spiro atoms. The van der Waals surface area contributed by atoms with Crippen LogP contribution in [0.5, 0.6) is 11.5 Å². The molecule has 0 bridgehead atoms. The van der Waals surface area contributed by atoms with E-state index in [9.17, 15) is 15.0 Å². The van der Waals surface area contributed by atoms with Gasteiger partial charge in [-0.15, -0.1) is 0 Å². The zero-order valence-corrected chi connectivity index (χ0v) is 19.3. The van der Waals surface area contributed by atoms with E-state index in [0.717, 1.165) is 47.4 Å². The summed E-state index contributed by atoms with van der Waals surface area (Å²) in [5, 5.41) is 30.8. The number of aromatic hydroxyl groups is 2. The van der Waals surface area contributed by atoms with Crippen molar-refractivity contribution >= 4 is 33.1 Å². The number of phenols is 2. The Kier molecular flexibility index (Phi) is 7.02. The standard InChI is InChI=1S/C29H30N2O3/c1-19(31-29(34)26-16-22-11-4-6-13-24(22)18-28(26)33)9-7-8-14-30-20(2)25-15-21-10-3-5-12-23(21)17-27(25)32/h3-6,10-13,15-19,30,32-33H,2,7-9,14H2,1H3,(H,31,34). The van der Waals surface area contributed by atoms with Gasteiger partial charge in [0, 0.05) is 23.8 Å². The summed E-state index contributed by atoms with van der Waals surface area (Å²) in [7, 11) is 0. The van der Waals surface area contributed by atoms with Gasteiger partial charge in [-0.05, 0) is 72.0 Å². The third-order valence-electron chi connectivity index (χ3n) is 6.08. The maximum Gasteiger partial charge on any atom is 0.255 e. The molecule has 5 nitrogen and oxygen atoms in total. The molecule has 1 atom stereocenters. The molecule has 4 N–H and O–H groups in total. The van der Waals surface area contributed by atoms with E-state index in [1.165, 1.54) is 0 Å². The van der Waals surface area contributed by atoms with Crippen LogP contribution in [0.3, 0.4) is 0 Å². The van der Waals surface area contributed by atoms with Gasteiger partial charge in [0.1, 0.15) is 11.5 Å². The third kappa shape index (κ3) is 5.31. The van der Waals surface area contributed by atoms with Crippen LogP contribution in [0.4, 0.5) is 0 Å². The Labute approximate surface area is 199 Å². The normalized spacial score (nSPS) is 11.9. The first kappa shape index (κ1) is 23.2. The van der Waals surface area contributed by atoms with E-state index in [-0.39, 0.29) is 23.4 Å². The van der Waals surface area contributed by atoms with Gasteiger partial charge in [-0.3, -0.25) is 4.79 Å². The maximum atomic E-state index is 12.7. The fourth-order valence-corrected chi connectivity index (χ4v) is 4.16. The molecule has 0 saturated heterocycles. The molecule has 0 aromatic heterocycles. The van der Waals surface area contributed by atoms with Crippen molar-refractivity contribution in [2.75, 3.05) is 6.54 Å². The average molecular weight is 455 g/mol. The minimum absolute atomic E-state index is 0.0111. The van der Waals surface area contributed by atoms with Crippen molar-refractivity contribution in [2.24, 2.45) is 0 Å². The number of hydrogen-bond acceptors (Lipinski definition) is 4. The van der Waals surface area contributed by atoms with Crippen LogP contribution in [0.2, 0.25) is 0 Å². The number of amides is 1. The lowest BCUT2D eigenvalue weighted by Crippen LogP contribution is -2.32. The minimum atomic E-state index is -0.269. The first-order valence-corrected chi connectivity index (χ1v) is 11.6. The summed E-state index contributed by atoms with van der Waals surface area (Å²) in [6.45, 7) is 6.76. The van der Waals surface area contributed by atoms with Crippen molar-refractivity contribution in [1.29, 1.82) is 0 Å². The molecule has 0 heterocycles. The van der Waals surface area contributed by atoms with E-state index in [4.69, 9.17) is 0 Å². The van der Waals surface area contributed by atoms with Crippen molar-refractivity contribution in [1.82, 2.24) is 10.6 Å². The summed E-state index contributed by atoms with van der Waals surface area (Å²) < 4.78 is 0. The monoisotopic (exact) mass is 454 g/mol. The first-order valence-electron chi connectivity index (χ1n) is 11.6. The van der Waals surface area contributed by atoms with Crippen molar-refractivity contribution in [3.63, 3.8) is 0 Å². The predicted octanol–water partition coefficient (Wildman–Crippen LogP) is 5.95. The molecule has 4 aromatic carbocycles. The highest BCUT2D eigenvalue weighted by Crippen LogP contribution is 2.28. The van der Waals surface area contributed by atoms with E-state index in [1.54, 1.807) is 18.2 Å². The highest BCUT2D eigenvalue weighted by atomic mass is 16.3. The zero-order chi connectivity index (χ0) is 24.1. The highest BCUT2D eigenvalue weighted by molar-refractivity contribution is 6.01. The molecule has 0 aliphatic rings. The number of benzene rings is 4. The molecule has 174 valence electrons. The summed E-state index contributed by atoms with van der Waals surface area (Å²) in [5.41, 5.74) is 1.68. The summed E-state index contributed by atoms with van der Waals surface area (Å²) in [6.07, 6.45) is 2.62. The van der Waals surface area contributed by atoms with Gasteiger partial charge < -0.3 is 20.8 Å². The van der Waals surface area contributed by atoms with Crippen LogP contribution < -0.4 is 10.6 Å². The van der Waals surface area contributed by atoms with Gasteiger partial charge in [0.25, 0.3) is 5.91 Å². The van der Waals surface area contributed by atoms with Gasteiger partial charge in [0.2, 0.25) is 0 Å². The van der Waals surface area contributed by atoms with Crippen LogP contribution in [0.15, 0.2) is 79.4 Å². The lowest BCUT2D eigenvalue weighted by molar-refractivity contribution is 0.0935. The molecule has 1 unspecified atom stereocenters. The molecule has 0 radical (unpaired) electrons. The molecule has 0 aliphatic heterocycles. The van der Waals surface area contributed by atoms with Gasteiger partial charge >= 0.3 is 0 Å². The molecule has 0 fully saturated rings. The van der Waals surface area contributed by atoms with Gasteiger partial charge in [-0.25, -0.2) is 0 Å². The van der Waals surface area contributed by atoms with Crippen molar-refractivity contribution < 1.29 is 15.0 Å². The van der Waals surface area contributed by atoms with Gasteiger partial charge in [-0.2, -0.15) is 0 Å². The molecular weight excluding hydrogens is 424 g/mol. The van der Waals surface area contributed by atoms with Crippen molar-refractivity contribution in [3.8, 4) is 11.5 Å². The topological polar surface area (TPSA) is 81.6 Å². The van der Waals surface area contributed by atoms with Gasteiger partial charge in [-0.1, -0.05) is 55.1 Å². The van der Waals surface area contributed by atoms with Crippen molar-refractivity contribution in [2.45, 2.75) is 32.2 Å². The Balaban J connectivity index is 1.23. The van der Waals surface area contributed by atoms with E-state index in [0.29, 0.717) is 16.8 Å². The molecule has 0 saturated carbocycles. The lowest BCUT2D eigenvalue weighted by atomic mass is 10.0. The predicted molar refractivity (Wildman–Crippen MR) is 139 cm³/mol. The van der Waals surface area contributed by atoms with Gasteiger partial charge in [0.15, 0.2) is 0 Å². The number of fused-ring (bicyclic) bond motifs is 2. The van der Waals surface area contributed by atoms with Crippen LogP contribution in [-0.4, -0.2) is 28.7 Å². The molecule has 5 heteroatoms. The molecule has 4 aromatic rings. The second kappa shape index (κ2) is 10.3. The molecule has 4 rings (SSSR count).